The number of carbonyl (C=O) groups is 1. The summed E-state index contributed by atoms with van der Waals surface area (Å²) in [5, 5.41) is 12.3. The zero-order valence-corrected chi connectivity index (χ0v) is 13.4. The van der Waals surface area contributed by atoms with E-state index in [1.807, 2.05) is 0 Å². The van der Waals surface area contributed by atoms with Gasteiger partial charge < -0.3 is 15.2 Å². The third-order valence-corrected chi connectivity index (χ3v) is 4.91. The first-order valence-electron chi connectivity index (χ1n) is 7.27. The molecule has 23 heavy (non-hydrogen) atoms. The number of rotatable bonds is 8. The molecule has 1 aromatic rings. The summed E-state index contributed by atoms with van der Waals surface area (Å²) in [5.74, 6) is -1.19. The van der Waals surface area contributed by atoms with Crippen molar-refractivity contribution in [2.75, 3.05) is 25.0 Å². The van der Waals surface area contributed by atoms with E-state index in [-0.39, 0.29) is 23.1 Å². The van der Waals surface area contributed by atoms with E-state index >= 15 is 0 Å². The maximum atomic E-state index is 12.1. The van der Waals surface area contributed by atoms with Crippen LogP contribution in [-0.2, 0) is 14.8 Å². The summed E-state index contributed by atoms with van der Waals surface area (Å²) in [6.07, 6.45) is 3.37. The third kappa shape index (κ3) is 4.54. The van der Waals surface area contributed by atoms with Crippen molar-refractivity contribution in [2.24, 2.45) is 0 Å². The number of sulfonamides is 1. The van der Waals surface area contributed by atoms with Crippen LogP contribution in [0, 0.1) is 0 Å². The smallest absolute Gasteiger partial charge is 0.337 e. The van der Waals surface area contributed by atoms with Gasteiger partial charge in [-0.1, -0.05) is 6.08 Å². The molecule has 1 atom stereocenters. The highest BCUT2D eigenvalue weighted by Gasteiger charge is 2.20. The van der Waals surface area contributed by atoms with E-state index < -0.39 is 16.0 Å². The molecule has 0 spiro atoms. The highest BCUT2D eigenvalue weighted by atomic mass is 32.2. The minimum absolute atomic E-state index is 0.0503. The van der Waals surface area contributed by atoms with Gasteiger partial charge in [0.15, 0.2) is 0 Å². The van der Waals surface area contributed by atoms with E-state index in [9.17, 15) is 18.3 Å². The molecular weight excluding hydrogens is 320 g/mol. The summed E-state index contributed by atoms with van der Waals surface area (Å²) in [6.45, 7) is 4.71. The molecule has 0 aromatic heterocycles. The molecular formula is C15H20N2O5S. The largest absolute Gasteiger partial charge is 0.478 e. The Kier molecular flexibility index (Phi) is 5.75. The molecule has 0 bridgehead atoms. The molecule has 1 aliphatic rings. The molecule has 0 saturated carbocycles. The summed E-state index contributed by atoms with van der Waals surface area (Å²) in [5.41, 5.74) is 0.278. The standard InChI is InChI=1S/C15H20N2O5S/c1-2-7-17-23(20,21)12-5-6-14(13(9-12)15(18)19)16-10-11-4-3-8-22-11/h2,5-6,9,11,16-17H,1,3-4,7-8,10H2,(H,18,19). The van der Waals surface area contributed by atoms with Crippen LogP contribution >= 0.6 is 0 Å². The monoisotopic (exact) mass is 340 g/mol. The van der Waals surface area contributed by atoms with Crippen molar-refractivity contribution >= 4 is 21.7 Å². The molecule has 1 fully saturated rings. The van der Waals surface area contributed by atoms with Gasteiger partial charge in [0.1, 0.15) is 0 Å². The highest BCUT2D eigenvalue weighted by molar-refractivity contribution is 7.89. The Hall–Kier alpha value is -1.90. The molecule has 1 aromatic carbocycles. The number of nitrogens with one attached hydrogen (secondary N) is 2. The zero-order chi connectivity index (χ0) is 16.9. The van der Waals surface area contributed by atoms with E-state index in [0.717, 1.165) is 18.9 Å². The van der Waals surface area contributed by atoms with E-state index in [1.165, 1.54) is 18.2 Å². The van der Waals surface area contributed by atoms with Crippen LogP contribution in [0.25, 0.3) is 0 Å². The van der Waals surface area contributed by atoms with Crippen LogP contribution in [0.3, 0.4) is 0 Å². The number of benzene rings is 1. The van der Waals surface area contributed by atoms with Gasteiger partial charge in [-0.2, -0.15) is 0 Å². The van der Waals surface area contributed by atoms with Crippen molar-refractivity contribution in [3.8, 4) is 0 Å². The van der Waals surface area contributed by atoms with Crippen molar-refractivity contribution in [3.63, 3.8) is 0 Å². The molecule has 1 saturated heterocycles. The lowest BCUT2D eigenvalue weighted by molar-refractivity contribution is 0.0697. The Bertz CT molecular complexity index is 681. The summed E-state index contributed by atoms with van der Waals surface area (Å²) < 4.78 is 31.9. The quantitative estimate of drug-likeness (QED) is 0.619. The van der Waals surface area contributed by atoms with Gasteiger partial charge in [-0.3, -0.25) is 0 Å². The van der Waals surface area contributed by atoms with Crippen LogP contribution in [0.5, 0.6) is 0 Å². The third-order valence-electron chi connectivity index (χ3n) is 3.49. The van der Waals surface area contributed by atoms with Crippen molar-refractivity contribution < 1.29 is 23.1 Å². The average Bonchev–Trinajstić information content (AvgIpc) is 3.04. The normalized spacial score (nSPS) is 17.8. The van der Waals surface area contributed by atoms with Crippen molar-refractivity contribution in [1.29, 1.82) is 0 Å². The fourth-order valence-corrected chi connectivity index (χ4v) is 3.33. The number of ether oxygens (including phenoxy) is 1. The molecule has 1 heterocycles. The lowest BCUT2D eigenvalue weighted by Gasteiger charge is -2.15. The van der Waals surface area contributed by atoms with Gasteiger partial charge in [0.05, 0.1) is 16.6 Å². The van der Waals surface area contributed by atoms with Crippen LogP contribution in [-0.4, -0.2) is 45.3 Å². The van der Waals surface area contributed by atoms with Crippen molar-refractivity contribution in [3.05, 3.63) is 36.4 Å². The van der Waals surface area contributed by atoms with Crippen LogP contribution in [0.4, 0.5) is 5.69 Å². The summed E-state index contributed by atoms with van der Waals surface area (Å²) in [4.78, 5) is 11.3. The predicted octanol–water partition coefficient (Wildman–Crippen LogP) is 1.44. The fraction of sp³-hybridized carbons (Fsp3) is 0.400. The lowest BCUT2D eigenvalue weighted by atomic mass is 10.1. The van der Waals surface area contributed by atoms with Gasteiger partial charge in [0.2, 0.25) is 10.0 Å². The number of hydrogen-bond acceptors (Lipinski definition) is 5. The molecule has 1 aliphatic heterocycles. The Morgan fingerprint density at radius 3 is 2.87 bits per heavy atom. The second-order valence-corrected chi connectivity index (χ2v) is 6.94. The van der Waals surface area contributed by atoms with E-state index in [2.05, 4.69) is 16.6 Å². The summed E-state index contributed by atoms with van der Waals surface area (Å²) >= 11 is 0. The predicted molar refractivity (Wildman–Crippen MR) is 86.3 cm³/mol. The minimum Gasteiger partial charge on any atom is -0.478 e. The number of aromatic carboxylic acids is 1. The van der Waals surface area contributed by atoms with Gasteiger partial charge in [-0.15, -0.1) is 6.58 Å². The molecule has 0 aliphatic carbocycles. The summed E-state index contributed by atoms with van der Waals surface area (Å²) in [6, 6.07) is 3.97. The highest BCUT2D eigenvalue weighted by Crippen LogP contribution is 2.22. The van der Waals surface area contributed by atoms with Gasteiger partial charge >= 0.3 is 5.97 Å². The van der Waals surface area contributed by atoms with Gasteiger partial charge in [-0.05, 0) is 31.0 Å². The second kappa shape index (κ2) is 7.58. The molecule has 1 unspecified atom stereocenters. The second-order valence-electron chi connectivity index (χ2n) is 5.17. The first-order valence-corrected chi connectivity index (χ1v) is 8.75. The number of carboxylic acids is 1. The lowest BCUT2D eigenvalue weighted by Crippen LogP contribution is -2.24. The molecule has 2 rings (SSSR count). The Morgan fingerprint density at radius 2 is 2.26 bits per heavy atom. The van der Waals surface area contributed by atoms with Crippen LogP contribution < -0.4 is 10.0 Å². The van der Waals surface area contributed by atoms with Crippen LogP contribution in [0.15, 0.2) is 35.7 Å². The number of anilines is 1. The molecule has 0 radical (unpaired) electrons. The maximum absolute atomic E-state index is 12.1. The van der Waals surface area contributed by atoms with Gasteiger partial charge in [0, 0.05) is 25.4 Å². The molecule has 126 valence electrons. The summed E-state index contributed by atoms with van der Waals surface area (Å²) in [7, 11) is -3.76. The topological polar surface area (TPSA) is 105 Å². The SMILES string of the molecule is C=CCNS(=O)(=O)c1ccc(NCC2CCCO2)c(C(=O)O)c1. The molecule has 7 nitrogen and oxygen atoms in total. The van der Waals surface area contributed by atoms with E-state index in [0.29, 0.717) is 18.8 Å². The van der Waals surface area contributed by atoms with Crippen molar-refractivity contribution in [2.45, 2.75) is 23.8 Å². The van der Waals surface area contributed by atoms with Gasteiger partial charge in [-0.25, -0.2) is 17.9 Å². The molecule has 3 N–H and O–H groups in total. The van der Waals surface area contributed by atoms with Crippen LogP contribution in [0.1, 0.15) is 23.2 Å². The zero-order valence-electron chi connectivity index (χ0n) is 12.6. The van der Waals surface area contributed by atoms with E-state index in [1.54, 1.807) is 0 Å². The Balaban J connectivity index is 2.20. The molecule has 8 heteroatoms. The van der Waals surface area contributed by atoms with E-state index in [4.69, 9.17) is 4.74 Å². The number of carboxylic acid groups (broad SMARTS) is 1. The average molecular weight is 340 g/mol. The first kappa shape index (κ1) is 17.5. The Morgan fingerprint density at radius 1 is 1.48 bits per heavy atom. The molecule has 0 amide bonds. The van der Waals surface area contributed by atoms with Crippen LogP contribution in [0.2, 0.25) is 0 Å². The maximum Gasteiger partial charge on any atom is 0.337 e. The fourth-order valence-electron chi connectivity index (χ4n) is 2.30. The minimum atomic E-state index is -3.76. The first-order chi connectivity index (χ1) is 10.9. The number of hydrogen-bond donors (Lipinski definition) is 3. The van der Waals surface area contributed by atoms with Gasteiger partial charge in [0.25, 0.3) is 0 Å². The Labute approximate surface area is 135 Å². The van der Waals surface area contributed by atoms with Crippen molar-refractivity contribution in [1.82, 2.24) is 4.72 Å².